The van der Waals surface area contributed by atoms with E-state index in [0.717, 1.165) is 4.47 Å². The van der Waals surface area contributed by atoms with Gasteiger partial charge in [-0.25, -0.2) is 0 Å². The average molecular weight is 301 g/mol. The first-order valence-electron chi connectivity index (χ1n) is 5.45. The second-order valence-corrected chi connectivity index (χ2v) is 5.02. The Morgan fingerprint density at radius 2 is 2.06 bits per heavy atom. The Labute approximate surface area is 107 Å². The molecule has 0 unspecified atom stereocenters. The first-order valence-corrected chi connectivity index (χ1v) is 6.24. The second kappa shape index (κ2) is 5.01. The van der Waals surface area contributed by atoms with Gasteiger partial charge in [-0.1, -0.05) is 15.9 Å². The first kappa shape index (κ1) is 12.3. The van der Waals surface area contributed by atoms with Gasteiger partial charge in [-0.3, -0.25) is 10.1 Å². The molecular weight excluding hydrogens is 288 g/mol. The number of hydrogen-bond acceptors (Lipinski definition) is 4. The normalized spacial score (nSPS) is 17.2. The predicted molar refractivity (Wildman–Crippen MR) is 68.3 cm³/mol. The summed E-state index contributed by atoms with van der Waals surface area (Å²) >= 11 is 3.33. The molecule has 5 nitrogen and oxygen atoms in total. The smallest absolute Gasteiger partial charge is 0.292 e. The molecule has 6 heteroatoms. The lowest BCUT2D eigenvalue weighted by molar-refractivity contribution is -0.384. The number of halogens is 1. The van der Waals surface area contributed by atoms with E-state index in [1.165, 1.54) is 6.07 Å². The Balaban J connectivity index is 2.30. The zero-order valence-corrected chi connectivity index (χ0v) is 10.8. The summed E-state index contributed by atoms with van der Waals surface area (Å²) in [5.74, 6) is 0. The van der Waals surface area contributed by atoms with Crippen LogP contribution in [0.3, 0.4) is 0 Å². The highest BCUT2D eigenvalue weighted by atomic mass is 79.9. The third-order valence-electron chi connectivity index (χ3n) is 2.94. The van der Waals surface area contributed by atoms with E-state index in [-0.39, 0.29) is 16.7 Å². The van der Waals surface area contributed by atoms with Crippen LogP contribution in [0.25, 0.3) is 0 Å². The highest BCUT2D eigenvalue weighted by Crippen LogP contribution is 2.32. The molecule has 1 aliphatic rings. The van der Waals surface area contributed by atoms with Crippen molar-refractivity contribution < 1.29 is 10.0 Å². The molecule has 1 aromatic carbocycles. The van der Waals surface area contributed by atoms with Crippen LogP contribution < -0.4 is 4.90 Å². The molecule has 0 saturated carbocycles. The Morgan fingerprint density at radius 3 is 2.65 bits per heavy atom. The number of rotatable bonds is 2. The summed E-state index contributed by atoms with van der Waals surface area (Å²) in [6, 6.07) is 4.93. The average Bonchev–Trinajstić information content (AvgIpc) is 2.29. The van der Waals surface area contributed by atoms with Crippen LogP contribution in [-0.4, -0.2) is 29.2 Å². The van der Waals surface area contributed by atoms with Gasteiger partial charge in [0.2, 0.25) is 0 Å². The summed E-state index contributed by atoms with van der Waals surface area (Å²) in [6.45, 7) is 1.30. The zero-order valence-electron chi connectivity index (χ0n) is 9.17. The highest BCUT2D eigenvalue weighted by Gasteiger charge is 2.23. The largest absolute Gasteiger partial charge is 0.393 e. The standard InChI is InChI=1S/C11H13BrN2O3/c12-8-1-2-10(14(16)17)11(7-8)13-5-3-9(15)4-6-13/h1-2,7,9,15H,3-6H2. The third-order valence-corrected chi connectivity index (χ3v) is 3.43. The molecule has 0 amide bonds. The molecule has 92 valence electrons. The Hall–Kier alpha value is -1.14. The number of nitro groups is 1. The van der Waals surface area contributed by atoms with Gasteiger partial charge in [0, 0.05) is 23.6 Å². The van der Waals surface area contributed by atoms with Crippen LogP contribution in [0.1, 0.15) is 12.8 Å². The molecule has 0 spiro atoms. The molecule has 0 bridgehead atoms. The quantitative estimate of drug-likeness (QED) is 0.672. The van der Waals surface area contributed by atoms with Crippen LogP contribution >= 0.6 is 15.9 Å². The van der Waals surface area contributed by atoms with E-state index in [0.29, 0.717) is 31.6 Å². The van der Waals surface area contributed by atoms with E-state index in [4.69, 9.17) is 0 Å². The van der Waals surface area contributed by atoms with Gasteiger partial charge in [-0.15, -0.1) is 0 Å². The van der Waals surface area contributed by atoms with Crippen LogP contribution in [0, 0.1) is 10.1 Å². The number of hydrogen-bond donors (Lipinski definition) is 1. The molecule has 0 radical (unpaired) electrons. The van der Waals surface area contributed by atoms with Gasteiger partial charge < -0.3 is 10.0 Å². The summed E-state index contributed by atoms with van der Waals surface area (Å²) < 4.78 is 0.823. The summed E-state index contributed by atoms with van der Waals surface area (Å²) in [5.41, 5.74) is 0.737. The third kappa shape index (κ3) is 2.76. The fraction of sp³-hybridized carbons (Fsp3) is 0.455. The zero-order chi connectivity index (χ0) is 12.4. The number of nitro benzene ring substituents is 1. The maximum absolute atomic E-state index is 11.0. The van der Waals surface area contributed by atoms with E-state index < -0.39 is 0 Å². The van der Waals surface area contributed by atoms with E-state index in [2.05, 4.69) is 15.9 Å². The minimum Gasteiger partial charge on any atom is -0.393 e. The van der Waals surface area contributed by atoms with Crippen LogP contribution in [0.2, 0.25) is 0 Å². The minimum atomic E-state index is -0.368. The van der Waals surface area contributed by atoms with Gasteiger partial charge in [0.1, 0.15) is 5.69 Å². The summed E-state index contributed by atoms with van der Waals surface area (Å²) in [6.07, 6.45) is 1.03. The fourth-order valence-electron chi connectivity index (χ4n) is 2.01. The molecule has 1 fully saturated rings. The number of aliphatic hydroxyl groups excluding tert-OH is 1. The molecule has 1 aromatic rings. The summed E-state index contributed by atoms with van der Waals surface area (Å²) in [4.78, 5) is 12.5. The monoisotopic (exact) mass is 300 g/mol. The van der Waals surface area contributed by atoms with Crippen molar-refractivity contribution in [3.8, 4) is 0 Å². The Bertz CT molecular complexity index is 431. The first-order chi connectivity index (χ1) is 8.08. The molecule has 0 atom stereocenters. The number of anilines is 1. The maximum Gasteiger partial charge on any atom is 0.292 e. The Morgan fingerprint density at radius 1 is 1.41 bits per heavy atom. The molecule has 1 aliphatic heterocycles. The number of aliphatic hydroxyl groups is 1. The molecule has 0 aliphatic carbocycles. The van der Waals surface area contributed by atoms with Crippen LogP contribution in [-0.2, 0) is 0 Å². The van der Waals surface area contributed by atoms with Crippen LogP contribution in [0.5, 0.6) is 0 Å². The molecule has 1 saturated heterocycles. The summed E-state index contributed by atoms with van der Waals surface area (Å²) in [7, 11) is 0. The molecular formula is C11H13BrN2O3. The SMILES string of the molecule is O=[N+]([O-])c1ccc(Br)cc1N1CCC(O)CC1. The van der Waals surface area contributed by atoms with Gasteiger partial charge in [-0.05, 0) is 25.0 Å². The number of benzene rings is 1. The van der Waals surface area contributed by atoms with Crippen molar-refractivity contribution in [1.29, 1.82) is 0 Å². The lowest BCUT2D eigenvalue weighted by Crippen LogP contribution is -2.36. The van der Waals surface area contributed by atoms with E-state index in [9.17, 15) is 15.2 Å². The van der Waals surface area contributed by atoms with E-state index >= 15 is 0 Å². The van der Waals surface area contributed by atoms with Crippen molar-refractivity contribution in [2.45, 2.75) is 18.9 Å². The Kier molecular flexibility index (Phi) is 3.63. The highest BCUT2D eigenvalue weighted by molar-refractivity contribution is 9.10. The van der Waals surface area contributed by atoms with Crippen LogP contribution in [0.4, 0.5) is 11.4 Å². The van der Waals surface area contributed by atoms with Crippen molar-refractivity contribution in [3.63, 3.8) is 0 Å². The van der Waals surface area contributed by atoms with Crippen molar-refractivity contribution in [1.82, 2.24) is 0 Å². The number of piperidine rings is 1. The summed E-state index contributed by atoms with van der Waals surface area (Å²) in [5, 5.41) is 20.4. The molecule has 1 heterocycles. The molecule has 0 aromatic heterocycles. The predicted octanol–water partition coefficient (Wildman–Crippen LogP) is 2.32. The van der Waals surface area contributed by atoms with Crippen molar-refractivity contribution in [3.05, 3.63) is 32.8 Å². The van der Waals surface area contributed by atoms with Crippen LogP contribution in [0.15, 0.2) is 22.7 Å². The lowest BCUT2D eigenvalue weighted by Gasteiger charge is -2.31. The lowest BCUT2D eigenvalue weighted by atomic mass is 10.1. The van der Waals surface area contributed by atoms with Crippen molar-refractivity contribution in [2.24, 2.45) is 0 Å². The van der Waals surface area contributed by atoms with Crippen molar-refractivity contribution in [2.75, 3.05) is 18.0 Å². The molecule has 2 rings (SSSR count). The van der Waals surface area contributed by atoms with E-state index in [1.807, 2.05) is 4.90 Å². The van der Waals surface area contributed by atoms with Gasteiger partial charge in [0.05, 0.1) is 11.0 Å². The fourth-order valence-corrected chi connectivity index (χ4v) is 2.36. The minimum absolute atomic E-state index is 0.115. The van der Waals surface area contributed by atoms with E-state index in [1.54, 1.807) is 12.1 Å². The topological polar surface area (TPSA) is 66.6 Å². The second-order valence-electron chi connectivity index (χ2n) is 4.11. The maximum atomic E-state index is 11.0. The van der Waals surface area contributed by atoms with Gasteiger partial charge in [0.15, 0.2) is 0 Å². The molecule has 17 heavy (non-hydrogen) atoms. The molecule has 1 N–H and O–H groups in total. The number of nitrogens with zero attached hydrogens (tertiary/aromatic N) is 2. The van der Waals surface area contributed by atoms with Crippen molar-refractivity contribution >= 4 is 27.3 Å². The van der Waals surface area contributed by atoms with Gasteiger partial charge in [-0.2, -0.15) is 0 Å². The van der Waals surface area contributed by atoms with Gasteiger partial charge in [0.25, 0.3) is 5.69 Å². The van der Waals surface area contributed by atoms with Gasteiger partial charge >= 0.3 is 0 Å².